The van der Waals surface area contributed by atoms with Crippen molar-refractivity contribution in [2.75, 3.05) is 17.2 Å². The van der Waals surface area contributed by atoms with E-state index in [2.05, 4.69) is 10.6 Å². The molecule has 0 aromatic heterocycles. The van der Waals surface area contributed by atoms with Crippen LogP contribution in [0.5, 0.6) is 0 Å². The molecule has 1 fully saturated rings. The average Bonchev–Trinajstić information content (AvgIpc) is 2.88. The summed E-state index contributed by atoms with van der Waals surface area (Å²) in [6, 6.07) is 6.81. The van der Waals surface area contributed by atoms with Crippen molar-refractivity contribution >= 4 is 35.0 Å². The summed E-state index contributed by atoms with van der Waals surface area (Å²) in [5.74, 6) is -1.00. The van der Waals surface area contributed by atoms with Gasteiger partial charge in [0, 0.05) is 31.3 Å². The van der Waals surface area contributed by atoms with Gasteiger partial charge in [-0.2, -0.15) is 0 Å². The lowest BCUT2D eigenvalue weighted by molar-refractivity contribution is -0.140. The van der Waals surface area contributed by atoms with Gasteiger partial charge in [0.1, 0.15) is 0 Å². The summed E-state index contributed by atoms with van der Waals surface area (Å²) in [5.41, 5.74) is 1.28. The van der Waals surface area contributed by atoms with Gasteiger partial charge < -0.3 is 10.6 Å². The molecule has 27 heavy (non-hydrogen) atoms. The van der Waals surface area contributed by atoms with E-state index in [4.69, 9.17) is 0 Å². The Kier molecular flexibility index (Phi) is 5.69. The lowest BCUT2D eigenvalue weighted by Gasteiger charge is -2.14. The molecule has 0 spiro atoms. The molecule has 0 unspecified atom stereocenters. The third-order valence-electron chi connectivity index (χ3n) is 4.87. The second-order valence-electron chi connectivity index (χ2n) is 6.89. The number of nitrogens with zero attached hydrogens (tertiary/aromatic N) is 1. The number of nitrogens with one attached hydrogen (secondary N) is 2. The van der Waals surface area contributed by atoms with E-state index in [1.54, 1.807) is 24.3 Å². The first-order chi connectivity index (χ1) is 13.0. The monoisotopic (exact) mass is 369 g/mol. The molecule has 7 heteroatoms. The van der Waals surface area contributed by atoms with Crippen LogP contribution in [0, 0.1) is 11.8 Å². The van der Waals surface area contributed by atoms with E-state index in [0.717, 1.165) is 0 Å². The first kappa shape index (κ1) is 18.8. The Hall–Kier alpha value is -2.96. The van der Waals surface area contributed by atoms with Gasteiger partial charge in [0.05, 0.1) is 11.8 Å². The third-order valence-corrected chi connectivity index (χ3v) is 4.87. The molecule has 7 nitrogen and oxygen atoms in total. The molecule has 142 valence electrons. The van der Waals surface area contributed by atoms with Crippen LogP contribution >= 0.6 is 0 Å². The van der Waals surface area contributed by atoms with Crippen LogP contribution in [-0.4, -0.2) is 35.1 Å². The Balaban J connectivity index is 1.45. The third kappa shape index (κ3) is 4.42. The van der Waals surface area contributed by atoms with Gasteiger partial charge >= 0.3 is 0 Å². The summed E-state index contributed by atoms with van der Waals surface area (Å²) in [6.07, 6.45) is 5.82. The molecule has 1 aromatic carbocycles. The van der Waals surface area contributed by atoms with E-state index in [-0.39, 0.29) is 48.4 Å². The quantitative estimate of drug-likeness (QED) is 0.594. The van der Waals surface area contributed by atoms with Crippen molar-refractivity contribution in [1.82, 2.24) is 4.90 Å². The maximum atomic E-state index is 12.4. The fourth-order valence-electron chi connectivity index (χ4n) is 3.55. The minimum absolute atomic E-state index is 0.108. The number of likely N-dealkylation sites (tertiary alicyclic amines) is 1. The molecule has 4 amide bonds. The maximum Gasteiger partial charge on any atom is 0.233 e. The van der Waals surface area contributed by atoms with Gasteiger partial charge in [0.25, 0.3) is 0 Å². The SMILES string of the molecule is CC(=O)Nc1ccc(NC(=O)CCCN2C(=O)[C@H]3CC=CC[C@H]3C2=O)cc1. The van der Waals surface area contributed by atoms with Crippen LogP contribution in [0.4, 0.5) is 11.4 Å². The van der Waals surface area contributed by atoms with Crippen LogP contribution < -0.4 is 10.6 Å². The van der Waals surface area contributed by atoms with Crippen molar-refractivity contribution in [3.63, 3.8) is 0 Å². The predicted octanol–water partition coefficient (Wildman–Crippen LogP) is 2.31. The summed E-state index contributed by atoms with van der Waals surface area (Å²) in [7, 11) is 0. The first-order valence-corrected chi connectivity index (χ1v) is 9.13. The number of amides is 4. The highest BCUT2D eigenvalue weighted by molar-refractivity contribution is 6.05. The van der Waals surface area contributed by atoms with Gasteiger partial charge in [-0.05, 0) is 43.5 Å². The highest BCUT2D eigenvalue weighted by Crippen LogP contribution is 2.35. The minimum Gasteiger partial charge on any atom is -0.326 e. The van der Waals surface area contributed by atoms with Crippen LogP contribution in [0.15, 0.2) is 36.4 Å². The molecule has 2 N–H and O–H groups in total. The largest absolute Gasteiger partial charge is 0.326 e. The number of benzene rings is 1. The fourth-order valence-corrected chi connectivity index (χ4v) is 3.55. The van der Waals surface area contributed by atoms with Crippen molar-refractivity contribution in [2.45, 2.75) is 32.6 Å². The van der Waals surface area contributed by atoms with E-state index in [0.29, 0.717) is 30.6 Å². The Morgan fingerprint density at radius 1 is 0.963 bits per heavy atom. The molecule has 1 aliphatic carbocycles. The highest BCUT2D eigenvalue weighted by Gasteiger charge is 2.46. The molecule has 3 rings (SSSR count). The molecule has 1 aliphatic heterocycles. The van der Waals surface area contributed by atoms with Crippen molar-refractivity contribution in [2.24, 2.45) is 11.8 Å². The van der Waals surface area contributed by atoms with Gasteiger partial charge in [-0.1, -0.05) is 12.2 Å². The predicted molar refractivity (Wildman–Crippen MR) is 101 cm³/mol. The first-order valence-electron chi connectivity index (χ1n) is 9.13. The fraction of sp³-hybridized carbons (Fsp3) is 0.400. The Bertz CT molecular complexity index is 759. The number of hydrogen-bond acceptors (Lipinski definition) is 4. The zero-order valence-corrected chi connectivity index (χ0v) is 15.2. The molecule has 0 bridgehead atoms. The van der Waals surface area contributed by atoms with Gasteiger partial charge in [-0.15, -0.1) is 0 Å². The molecule has 0 saturated carbocycles. The van der Waals surface area contributed by atoms with E-state index in [9.17, 15) is 19.2 Å². The summed E-state index contributed by atoms with van der Waals surface area (Å²) in [4.78, 5) is 49.1. The lowest BCUT2D eigenvalue weighted by Crippen LogP contribution is -2.32. The lowest BCUT2D eigenvalue weighted by atomic mass is 9.85. The topological polar surface area (TPSA) is 95.6 Å². The van der Waals surface area contributed by atoms with Crippen molar-refractivity contribution in [1.29, 1.82) is 0 Å². The molecule has 2 aliphatic rings. The second kappa shape index (κ2) is 8.16. The number of allylic oxidation sites excluding steroid dienone is 2. The number of carbonyl (C=O) groups excluding carboxylic acids is 4. The van der Waals surface area contributed by atoms with E-state index < -0.39 is 0 Å². The number of fused-ring (bicyclic) bond motifs is 1. The van der Waals surface area contributed by atoms with Crippen LogP contribution in [0.1, 0.15) is 32.6 Å². The zero-order chi connectivity index (χ0) is 19.4. The second-order valence-corrected chi connectivity index (χ2v) is 6.89. The Morgan fingerprint density at radius 3 is 2.00 bits per heavy atom. The molecular formula is C20H23N3O4. The van der Waals surface area contributed by atoms with Crippen LogP contribution in [0.2, 0.25) is 0 Å². The van der Waals surface area contributed by atoms with Crippen molar-refractivity contribution in [3.8, 4) is 0 Å². The van der Waals surface area contributed by atoms with Crippen LogP contribution in [0.25, 0.3) is 0 Å². The normalized spacial score (nSPS) is 21.1. The van der Waals surface area contributed by atoms with Gasteiger partial charge in [-0.25, -0.2) is 0 Å². The van der Waals surface area contributed by atoms with Gasteiger partial charge in [-0.3, -0.25) is 24.1 Å². The Labute approximate surface area is 157 Å². The summed E-state index contributed by atoms with van der Waals surface area (Å²) in [6.45, 7) is 1.70. The van der Waals surface area contributed by atoms with Gasteiger partial charge in [0.2, 0.25) is 23.6 Å². The number of anilines is 2. The number of hydrogen-bond donors (Lipinski definition) is 2. The smallest absolute Gasteiger partial charge is 0.233 e. The molecule has 1 saturated heterocycles. The molecular weight excluding hydrogens is 346 g/mol. The Morgan fingerprint density at radius 2 is 1.48 bits per heavy atom. The number of imide groups is 1. The standard InChI is InChI=1S/C20H23N3O4/c1-13(24)21-14-8-10-15(11-9-14)22-18(25)7-4-12-23-19(26)16-5-2-3-6-17(16)20(23)27/h2-3,8-11,16-17H,4-7,12H2,1H3,(H,21,24)(H,22,25)/t16-,17+. The summed E-state index contributed by atoms with van der Waals surface area (Å²) in [5, 5.41) is 5.42. The maximum absolute atomic E-state index is 12.4. The van der Waals surface area contributed by atoms with Gasteiger partial charge in [0.15, 0.2) is 0 Å². The molecule has 2 atom stereocenters. The zero-order valence-electron chi connectivity index (χ0n) is 15.2. The van der Waals surface area contributed by atoms with E-state index >= 15 is 0 Å². The van der Waals surface area contributed by atoms with Crippen LogP contribution in [-0.2, 0) is 19.2 Å². The van der Waals surface area contributed by atoms with Crippen molar-refractivity contribution in [3.05, 3.63) is 36.4 Å². The summed E-state index contributed by atoms with van der Waals surface area (Å²) >= 11 is 0. The van der Waals surface area contributed by atoms with Crippen molar-refractivity contribution < 1.29 is 19.2 Å². The average molecular weight is 369 g/mol. The van der Waals surface area contributed by atoms with Crippen LogP contribution in [0.3, 0.4) is 0 Å². The highest BCUT2D eigenvalue weighted by atomic mass is 16.2. The number of carbonyl (C=O) groups is 4. The van der Waals surface area contributed by atoms with E-state index in [1.807, 2.05) is 12.2 Å². The number of rotatable bonds is 6. The molecule has 0 radical (unpaired) electrons. The minimum atomic E-state index is -0.224. The molecule has 1 heterocycles. The molecule has 1 aromatic rings. The van der Waals surface area contributed by atoms with E-state index in [1.165, 1.54) is 11.8 Å². The summed E-state index contributed by atoms with van der Waals surface area (Å²) < 4.78 is 0.